The zero-order chi connectivity index (χ0) is 16.2. The minimum atomic E-state index is 1.04. The fraction of sp³-hybridized carbons (Fsp3) is 0.350. The molecule has 0 saturated carbocycles. The monoisotopic (exact) mass is 320 g/mol. The van der Waals surface area contributed by atoms with Crippen molar-refractivity contribution in [1.29, 1.82) is 0 Å². The third-order valence-corrected chi connectivity index (χ3v) is 4.89. The van der Waals surface area contributed by atoms with Crippen LogP contribution in [0.5, 0.6) is 0 Å². The van der Waals surface area contributed by atoms with Crippen LogP contribution < -0.4 is 4.90 Å². The fourth-order valence-corrected chi connectivity index (χ4v) is 3.52. The Morgan fingerprint density at radius 3 is 2.38 bits per heavy atom. The molecule has 3 aromatic rings. The Kier molecular flexibility index (Phi) is 4.47. The molecule has 0 spiro atoms. The second kappa shape index (κ2) is 7.05. The molecule has 1 aliphatic heterocycles. The first kappa shape index (κ1) is 15.2. The van der Waals surface area contributed by atoms with Gasteiger partial charge in [0.2, 0.25) is 0 Å². The molecule has 1 fully saturated rings. The molecule has 0 aliphatic carbocycles. The number of hydrogen-bond acceptors (Lipinski definition) is 3. The number of rotatable bonds is 5. The van der Waals surface area contributed by atoms with E-state index in [4.69, 9.17) is 0 Å². The van der Waals surface area contributed by atoms with Crippen molar-refractivity contribution in [2.45, 2.75) is 13.0 Å². The molecule has 4 heteroatoms. The summed E-state index contributed by atoms with van der Waals surface area (Å²) in [5.74, 6) is 0. The largest absolute Gasteiger partial charge is 0.369 e. The molecule has 0 amide bonds. The molecule has 0 atom stereocenters. The van der Waals surface area contributed by atoms with Crippen LogP contribution in [-0.2, 0) is 6.54 Å². The molecule has 1 aliphatic rings. The van der Waals surface area contributed by atoms with Crippen LogP contribution in [0.25, 0.3) is 11.0 Å². The number of benzene rings is 2. The maximum absolute atomic E-state index is 4.47. The van der Waals surface area contributed by atoms with E-state index in [9.17, 15) is 0 Å². The van der Waals surface area contributed by atoms with E-state index in [0.29, 0.717) is 0 Å². The average molecular weight is 320 g/mol. The Balaban J connectivity index is 1.26. The number of piperazine rings is 1. The molecule has 0 bridgehead atoms. The maximum atomic E-state index is 4.47. The van der Waals surface area contributed by atoms with Gasteiger partial charge in [-0.25, -0.2) is 4.98 Å². The highest BCUT2D eigenvalue weighted by atomic mass is 15.3. The van der Waals surface area contributed by atoms with E-state index in [1.807, 2.05) is 12.4 Å². The molecular weight excluding hydrogens is 296 g/mol. The van der Waals surface area contributed by atoms with Crippen molar-refractivity contribution in [3.05, 3.63) is 60.9 Å². The van der Waals surface area contributed by atoms with Crippen molar-refractivity contribution < 1.29 is 0 Å². The second-order valence-electron chi connectivity index (χ2n) is 6.44. The van der Waals surface area contributed by atoms with Gasteiger partial charge in [0.1, 0.15) is 0 Å². The van der Waals surface area contributed by atoms with Crippen LogP contribution in [0.3, 0.4) is 0 Å². The maximum Gasteiger partial charge on any atom is 0.0958 e. The summed E-state index contributed by atoms with van der Waals surface area (Å²) in [7, 11) is 0. The first-order chi connectivity index (χ1) is 11.9. The summed E-state index contributed by atoms with van der Waals surface area (Å²) in [6, 6.07) is 19.1. The van der Waals surface area contributed by atoms with Crippen LogP contribution in [0.2, 0.25) is 0 Å². The number of imidazole rings is 1. The van der Waals surface area contributed by atoms with Gasteiger partial charge in [0, 0.05) is 38.4 Å². The van der Waals surface area contributed by atoms with Crippen molar-refractivity contribution in [2.75, 3.05) is 37.6 Å². The zero-order valence-corrected chi connectivity index (χ0v) is 14.0. The van der Waals surface area contributed by atoms with E-state index < -0.39 is 0 Å². The standard InChI is InChI=1S/C20H24N4/c1-2-7-18(8-3-1)23-15-13-22(14-16-23)11-6-12-24-17-21-19-9-4-5-10-20(19)24/h1-5,7-10,17H,6,11-16H2. The number of nitrogens with zero attached hydrogens (tertiary/aromatic N) is 4. The lowest BCUT2D eigenvalue weighted by Gasteiger charge is -2.36. The number of aromatic nitrogens is 2. The molecule has 124 valence electrons. The van der Waals surface area contributed by atoms with Gasteiger partial charge in [0.15, 0.2) is 0 Å². The van der Waals surface area contributed by atoms with Crippen molar-refractivity contribution in [3.8, 4) is 0 Å². The van der Waals surface area contributed by atoms with E-state index in [0.717, 1.165) is 44.8 Å². The lowest BCUT2D eigenvalue weighted by molar-refractivity contribution is 0.251. The van der Waals surface area contributed by atoms with Crippen LogP contribution >= 0.6 is 0 Å². The third kappa shape index (κ3) is 3.29. The third-order valence-electron chi connectivity index (χ3n) is 4.89. The summed E-state index contributed by atoms with van der Waals surface area (Å²) in [6.07, 6.45) is 3.14. The zero-order valence-electron chi connectivity index (χ0n) is 14.0. The van der Waals surface area contributed by atoms with Crippen molar-refractivity contribution in [2.24, 2.45) is 0 Å². The molecule has 4 nitrogen and oxygen atoms in total. The number of fused-ring (bicyclic) bond motifs is 1. The number of para-hydroxylation sites is 3. The van der Waals surface area contributed by atoms with Gasteiger partial charge in [0.05, 0.1) is 17.4 Å². The van der Waals surface area contributed by atoms with E-state index in [1.165, 1.54) is 17.6 Å². The number of anilines is 1. The quantitative estimate of drug-likeness (QED) is 0.721. The van der Waals surface area contributed by atoms with Crippen LogP contribution in [-0.4, -0.2) is 47.2 Å². The summed E-state index contributed by atoms with van der Waals surface area (Å²) in [5.41, 5.74) is 3.68. The first-order valence-electron chi connectivity index (χ1n) is 8.82. The Bertz CT molecular complexity index is 772. The predicted octanol–water partition coefficient (Wildman–Crippen LogP) is 3.25. The molecular formula is C20H24N4. The van der Waals surface area contributed by atoms with E-state index in [1.54, 1.807) is 0 Å². The topological polar surface area (TPSA) is 24.3 Å². The summed E-state index contributed by atoms with van der Waals surface area (Å²) < 4.78 is 2.27. The van der Waals surface area contributed by atoms with Gasteiger partial charge in [0.25, 0.3) is 0 Å². The first-order valence-corrected chi connectivity index (χ1v) is 8.82. The number of aryl methyl sites for hydroxylation is 1. The van der Waals surface area contributed by atoms with Crippen LogP contribution in [0.4, 0.5) is 5.69 Å². The molecule has 0 radical (unpaired) electrons. The minimum Gasteiger partial charge on any atom is -0.369 e. The van der Waals surface area contributed by atoms with E-state index in [-0.39, 0.29) is 0 Å². The summed E-state index contributed by atoms with van der Waals surface area (Å²) in [4.78, 5) is 9.54. The van der Waals surface area contributed by atoms with E-state index >= 15 is 0 Å². The predicted molar refractivity (Wildman–Crippen MR) is 99.4 cm³/mol. The summed E-state index contributed by atoms with van der Waals surface area (Å²) >= 11 is 0. The minimum absolute atomic E-state index is 1.04. The SMILES string of the molecule is c1ccc(N2CCN(CCCn3cnc4ccccc43)CC2)cc1. The van der Waals surface area contributed by atoms with Crippen LogP contribution in [0.15, 0.2) is 60.9 Å². The number of hydrogen-bond donors (Lipinski definition) is 0. The van der Waals surface area contributed by atoms with Gasteiger partial charge < -0.3 is 9.47 Å². The van der Waals surface area contributed by atoms with Crippen molar-refractivity contribution >= 4 is 16.7 Å². The molecule has 1 saturated heterocycles. The lowest BCUT2D eigenvalue weighted by Crippen LogP contribution is -2.46. The Morgan fingerprint density at radius 1 is 0.792 bits per heavy atom. The Hall–Kier alpha value is -2.33. The smallest absolute Gasteiger partial charge is 0.0958 e. The van der Waals surface area contributed by atoms with Crippen LogP contribution in [0.1, 0.15) is 6.42 Å². The molecule has 1 aromatic heterocycles. The molecule has 2 aromatic carbocycles. The van der Waals surface area contributed by atoms with E-state index in [2.05, 4.69) is 67.9 Å². The molecule has 2 heterocycles. The Labute approximate surface area is 143 Å². The molecule has 0 unspecified atom stereocenters. The molecule has 0 N–H and O–H groups in total. The fourth-order valence-electron chi connectivity index (χ4n) is 3.52. The highest BCUT2D eigenvalue weighted by Gasteiger charge is 2.16. The van der Waals surface area contributed by atoms with Gasteiger partial charge in [-0.2, -0.15) is 0 Å². The van der Waals surface area contributed by atoms with Gasteiger partial charge in [-0.3, -0.25) is 4.90 Å². The normalized spacial score (nSPS) is 15.9. The Morgan fingerprint density at radius 2 is 1.54 bits per heavy atom. The van der Waals surface area contributed by atoms with Gasteiger partial charge in [-0.1, -0.05) is 30.3 Å². The highest BCUT2D eigenvalue weighted by molar-refractivity contribution is 5.74. The molecule has 24 heavy (non-hydrogen) atoms. The lowest BCUT2D eigenvalue weighted by atomic mass is 10.2. The average Bonchev–Trinajstić information content (AvgIpc) is 3.06. The summed E-state index contributed by atoms with van der Waals surface area (Å²) in [5, 5.41) is 0. The van der Waals surface area contributed by atoms with Crippen molar-refractivity contribution in [1.82, 2.24) is 14.5 Å². The second-order valence-corrected chi connectivity index (χ2v) is 6.44. The molecule has 4 rings (SSSR count). The van der Waals surface area contributed by atoms with Gasteiger partial charge in [-0.05, 0) is 37.2 Å². The van der Waals surface area contributed by atoms with Gasteiger partial charge in [-0.15, -0.1) is 0 Å². The summed E-state index contributed by atoms with van der Waals surface area (Å²) in [6.45, 7) is 6.75. The highest BCUT2D eigenvalue weighted by Crippen LogP contribution is 2.16. The van der Waals surface area contributed by atoms with Crippen LogP contribution in [0, 0.1) is 0 Å². The van der Waals surface area contributed by atoms with Gasteiger partial charge >= 0.3 is 0 Å². The van der Waals surface area contributed by atoms with Crippen molar-refractivity contribution in [3.63, 3.8) is 0 Å².